The van der Waals surface area contributed by atoms with E-state index in [0.717, 1.165) is 29.5 Å². The maximum absolute atomic E-state index is 13.0. The van der Waals surface area contributed by atoms with E-state index in [9.17, 15) is 9.18 Å². The molecule has 0 radical (unpaired) electrons. The summed E-state index contributed by atoms with van der Waals surface area (Å²) in [6.07, 6.45) is 1.73. The molecule has 1 fully saturated rings. The molecule has 2 aromatic carbocycles. The van der Waals surface area contributed by atoms with Crippen molar-refractivity contribution in [2.45, 2.75) is 18.8 Å². The maximum atomic E-state index is 13.0. The first-order valence-electron chi connectivity index (χ1n) is 6.59. The van der Waals surface area contributed by atoms with Crippen molar-refractivity contribution < 1.29 is 9.18 Å². The lowest BCUT2D eigenvalue weighted by Gasteiger charge is -2.07. The lowest BCUT2D eigenvalue weighted by Crippen LogP contribution is -2.12. The molecule has 2 aromatic rings. The lowest BCUT2D eigenvalue weighted by atomic mass is 9.95. The first kappa shape index (κ1) is 10.9. The molecule has 1 spiro atoms. The zero-order valence-electron chi connectivity index (χ0n) is 10.4. The van der Waals surface area contributed by atoms with Crippen LogP contribution in [0, 0.1) is 11.2 Å². The van der Waals surface area contributed by atoms with E-state index >= 15 is 0 Å². The third kappa shape index (κ3) is 1.43. The first-order valence-corrected chi connectivity index (χ1v) is 6.59. The summed E-state index contributed by atoms with van der Waals surface area (Å²) in [6.45, 7) is 0. The van der Waals surface area contributed by atoms with Crippen molar-refractivity contribution >= 4 is 5.78 Å². The van der Waals surface area contributed by atoms with Gasteiger partial charge in [-0.2, -0.15) is 0 Å². The van der Waals surface area contributed by atoms with Crippen LogP contribution in [0.25, 0.3) is 0 Å². The predicted molar refractivity (Wildman–Crippen MR) is 70.7 cm³/mol. The number of benzene rings is 2. The van der Waals surface area contributed by atoms with Gasteiger partial charge in [0.15, 0.2) is 5.78 Å². The predicted octanol–water partition coefficient (Wildman–Crippen LogP) is 3.74. The van der Waals surface area contributed by atoms with E-state index in [-0.39, 0.29) is 22.9 Å². The minimum atomic E-state index is -0.235. The molecule has 19 heavy (non-hydrogen) atoms. The van der Waals surface area contributed by atoms with Gasteiger partial charge in [0.2, 0.25) is 0 Å². The second-order valence-electron chi connectivity index (χ2n) is 5.63. The van der Waals surface area contributed by atoms with Crippen LogP contribution in [0.4, 0.5) is 4.39 Å². The number of fused-ring (bicyclic) bond motifs is 1. The van der Waals surface area contributed by atoms with E-state index in [4.69, 9.17) is 0 Å². The van der Waals surface area contributed by atoms with Crippen LogP contribution in [0.1, 0.15) is 33.8 Å². The van der Waals surface area contributed by atoms with Gasteiger partial charge in [-0.25, -0.2) is 4.39 Å². The molecule has 0 bridgehead atoms. The van der Waals surface area contributed by atoms with Crippen LogP contribution in [0.3, 0.4) is 0 Å². The molecule has 0 unspecified atom stereocenters. The van der Waals surface area contributed by atoms with Crippen LogP contribution in [0.2, 0.25) is 0 Å². The van der Waals surface area contributed by atoms with Crippen molar-refractivity contribution in [3.8, 4) is 0 Å². The number of hydrogen-bond acceptors (Lipinski definition) is 1. The van der Waals surface area contributed by atoms with Crippen LogP contribution in [-0.2, 0) is 6.42 Å². The van der Waals surface area contributed by atoms with Crippen LogP contribution in [0.15, 0.2) is 48.5 Å². The van der Waals surface area contributed by atoms with Crippen LogP contribution >= 0.6 is 0 Å². The Bertz CT molecular complexity index is 674. The number of carbonyl (C=O) groups is 1. The topological polar surface area (TPSA) is 17.1 Å². The number of hydrogen-bond donors (Lipinski definition) is 0. The smallest absolute Gasteiger partial charge is 0.170 e. The number of carbonyl (C=O) groups excluding carboxylic acids is 1. The van der Waals surface area contributed by atoms with Gasteiger partial charge in [0.05, 0.1) is 0 Å². The first-order chi connectivity index (χ1) is 9.21. The molecule has 0 amide bonds. The van der Waals surface area contributed by atoms with E-state index in [1.807, 2.05) is 36.4 Å². The largest absolute Gasteiger partial charge is 0.294 e. The minimum absolute atomic E-state index is 0.223. The normalized spacial score (nSPS) is 27.6. The Labute approximate surface area is 111 Å². The zero-order chi connectivity index (χ0) is 13.0. The summed E-state index contributed by atoms with van der Waals surface area (Å²) in [5.41, 5.74) is 2.90. The fourth-order valence-electron chi connectivity index (χ4n) is 3.47. The van der Waals surface area contributed by atoms with Crippen molar-refractivity contribution in [1.29, 1.82) is 0 Å². The van der Waals surface area contributed by atoms with Gasteiger partial charge in [-0.1, -0.05) is 36.4 Å². The molecule has 0 heterocycles. The Balaban J connectivity index is 1.70. The lowest BCUT2D eigenvalue weighted by molar-refractivity contribution is 0.0914. The SMILES string of the molecule is O=C1c2ccccc2C[C@]12C[C@@H]2c1ccc(F)cc1. The minimum Gasteiger partial charge on any atom is -0.294 e. The number of halogens is 1. The van der Waals surface area contributed by atoms with E-state index < -0.39 is 0 Å². The fraction of sp³-hybridized carbons (Fsp3) is 0.235. The van der Waals surface area contributed by atoms with E-state index in [0.29, 0.717) is 0 Å². The second-order valence-corrected chi connectivity index (χ2v) is 5.63. The Kier molecular flexibility index (Phi) is 2.03. The average Bonchev–Trinajstić information content (AvgIpc) is 3.07. The Morgan fingerprint density at radius 3 is 2.53 bits per heavy atom. The van der Waals surface area contributed by atoms with E-state index in [1.54, 1.807) is 0 Å². The summed E-state index contributed by atoms with van der Waals surface area (Å²) >= 11 is 0. The third-order valence-electron chi connectivity index (χ3n) is 4.57. The van der Waals surface area contributed by atoms with Gasteiger partial charge >= 0.3 is 0 Å². The molecule has 2 aliphatic rings. The highest BCUT2D eigenvalue weighted by molar-refractivity contribution is 6.07. The summed E-state index contributed by atoms with van der Waals surface area (Å²) in [5, 5.41) is 0. The number of ketones is 1. The molecule has 2 atom stereocenters. The highest BCUT2D eigenvalue weighted by atomic mass is 19.1. The van der Waals surface area contributed by atoms with Crippen molar-refractivity contribution in [1.82, 2.24) is 0 Å². The monoisotopic (exact) mass is 252 g/mol. The quantitative estimate of drug-likeness (QED) is 0.755. The zero-order valence-corrected chi connectivity index (χ0v) is 10.4. The van der Waals surface area contributed by atoms with Crippen molar-refractivity contribution in [3.63, 3.8) is 0 Å². The van der Waals surface area contributed by atoms with Gasteiger partial charge in [0.25, 0.3) is 0 Å². The van der Waals surface area contributed by atoms with Gasteiger partial charge in [-0.05, 0) is 42.0 Å². The fourth-order valence-corrected chi connectivity index (χ4v) is 3.47. The van der Waals surface area contributed by atoms with E-state index in [2.05, 4.69) is 0 Å². The Hall–Kier alpha value is -1.96. The summed E-state index contributed by atoms with van der Waals surface area (Å²) in [5.74, 6) is 0.310. The van der Waals surface area contributed by atoms with E-state index in [1.165, 1.54) is 12.1 Å². The molecular weight excluding hydrogens is 239 g/mol. The summed E-state index contributed by atoms with van der Waals surface area (Å²) in [4.78, 5) is 12.6. The molecule has 0 aromatic heterocycles. The van der Waals surface area contributed by atoms with Gasteiger partial charge < -0.3 is 0 Å². The average molecular weight is 252 g/mol. The highest BCUT2D eigenvalue weighted by Crippen LogP contribution is 2.65. The molecule has 1 saturated carbocycles. The van der Waals surface area contributed by atoms with Crippen molar-refractivity contribution in [3.05, 3.63) is 71.0 Å². The summed E-state index contributed by atoms with van der Waals surface area (Å²) < 4.78 is 13.0. The molecular formula is C17H13FO. The number of Topliss-reactive ketones (excluding diaryl/α,β-unsaturated/α-hetero) is 1. The molecule has 94 valence electrons. The Morgan fingerprint density at radius 1 is 1.05 bits per heavy atom. The Morgan fingerprint density at radius 2 is 1.79 bits per heavy atom. The van der Waals surface area contributed by atoms with Crippen LogP contribution in [0.5, 0.6) is 0 Å². The highest BCUT2D eigenvalue weighted by Gasteiger charge is 2.63. The molecule has 2 aliphatic carbocycles. The van der Waals surface area contributed by atoms with Crippen molar-refractivity contribution in [2.75, 3.05) is 0 Å². The molecule has 4 rings (SSSR count). The molecule has 0 N–H and O–H groups in total. The van der Waals surface area contributed by atoms with Crippen LogP contribution in [-0.4, -0.2) is 5.78 Å². The maximum Gasteiger partial charge on any atom is 0.170 e. The molecule has 2 heteroatoms. The molecule has 0 aliphatic heterocycles. The van der Waals surface area contributed by atoms with Gasteiger partial charge in [0, 0.05) is 11.0 Å². The standard InChI is InChI=1S/C17H13FO/c18-13-7-5-11(6-8-13)15-10-17(15)9-12-3-1-2-4-14(12)16(17)19/h1-8,15H,9-10H2/t15-,17-/m1/s1. The van der Waals surface area contributed by atoms with Gasteiger partial charge in [-0.15, -0.1) is 0 Å². The summed E-state index contributed by atoms with van der Waals surface area (Å²) in [6, 6.07) is 14.5. The van der Waals surface area contributed by atoms with Crippen molar-refractivity contribution in [2.24, 2.45) is 5.41 Å². The van der Waals surface area contributed by atoms with Crippen LogP contribution < -0.4 is 0 Å². The second kappa shape index (κ2) is 3.53. The molecule has 0 saturated heterocycles. The summed E-state index contributed by atoms with van der Waals surface area (Å²) in [7, 11) is 0. The third-order valence-corrected chi connectivity index (χ3v) is 4.57. The van der Waals surface area contributed by atoms with Gasteiger partial charge in [0.1, 0.15) is 5.82 Å². The molecule has 1 nitrogen and oxygen atoms in total. The number of rotatable bonds is 1. The van der Waals surface area contributed by atoms with Gasteiger partial charge in [-0.3, -0.25) is 4.79 Å².